The number of hydrogen-bond acceptors (Lipinski definition) is 5. The molecule has 4 N–H and O–H groups in total. The predicted octanol–water partition coefficient (Wildman–Crippen LogP) is 1.32. The summed E-state index contributed by atoms with van der Waals surface area (Å²) in [4.78, 5) is 35.6. The zero-order chi connectivity index (χ0) is 16.2. The van der Waals surface area contributed by atoms with Crippen molar-refractivity contribution >= 4 is 40.8 Å². The molecule has 0 saturated carbocycles. The van der Waals surface area contributed by atoms with Crippen LogP contribution >= 0.6 is 23.2 Å². The SMILES string of the molecule is Nc1c2c(cc(=O)n1-c1cc(Cl)cc(Cl)c1O)C(=O)NC2=O. The summed E-state index contributed by atoms with van der Waals surface area (Å²) in [7, 11) is 0. The highest BCUT2D eigenvalue weighted by Gasteiger charge is 2.32. The van der Waals surface area contributed by atoms with Crippen LogP contribution in [0.3, 0.4) is 0 Å². The average molecular weight is 340 g/mol. The molecule has 0 aliphatic carbocycles. The topological polar surface area (TPSA) is 114 Å². The van der Waals surface area contributed by atoms with Crippen molar-refractivity contribution in [2.45, 2.75) is 0 Å². The van der Waals surface area contributed by atoms with Crippen LogP contribution in [-0.4, -0.2) is 21.5 Å². The first kappa shape index (κ1) is 14.4. The number of hydrogen-bond donors (Lipinski definition) is 3. The lowest BCUT2D eigenvalue weighted by Crippen LogP contribution is -2.24. The van der Waals surface area contributed by atoms with Crippen LogP contribution in [-0.2, 0) is 0 Å². The Bertz CT molecular complexity index is 920. The van der Waals surface area contributed by atoms with Crippen LogP contribution < -0.4 is 16.6 Å². The maximum Gasteiger partial charge on any atom is 0.262 e. The maximum atomic E-state index is 12.2. The second kappa shape index (κ2) is 4.75. The van der Waals surface area contributed by atoms with Gasteiger partial charge in [-0.15, -0.1) is 0 Å². The lowest BCUT2D eigenvalue weighted by Gasteiger charge is -2.14. The van der Waals surface area contributed by atoms with E-state index in [9.17, 15) is 19.5 Å². The first-order chi connectivity index (χ1) is 10.3. The molecule has 7 nitrogen and oxygen atoms in total. The van der Waals surface area contributed by atoms with E-state index in [-0.39, 0.29) is 32.7 Å². The van der Waals surface area contributed by atoms with E-state index in [4.69, 9.17) is 28.9 Å². The number of nitrogens with two attached hydrogens (primary N) is 1. The quantitative estimate of drug-likeness (QED) is 0.678. The number of nitrogens with one attached hydrogen (secondary N) is 1. The molecule has 0 fully saturated rings. The highest BCUT2D eigenvalue weighted by atomic mass is 35.5. The summed E-state index contributed by atoms with van der Waals surface area (Å²) in [5, 5.41) is 12.1. The molecule has 22 heavy (non-hydrogen) atoms. The van der Waals surface area contributed by atoms with Gasteiger partial charge in [-0.2, -0.15) is 0 Å². The first-order valence-corrected chi connectivity index (χ1v) is 6.66. The van der Waals surface area contributed by atoms with Gasteiger partial charge in [-0.3, -0.25) is 24.3 Å². The molecule has 1 aromatic carbocycles. The molecule has 0 radical (unpaired) electrons. The number of phenols is 1. The van der Waals surface area contributed by atoms with Gasteiger partial charge in [-0.1, -0.05) is 23.2 Å². The predicted molar refractivity (Wildman–Crippen MR) is 79.9 cm³/mol. The van der Waals surface area contributed by atoms with E-state index in [0.717, 1.165) is 10.6 Å². The smallest absolute Gasteiger partial charge is 0.262 e. The number of aromatic hydroxyl groups is 1. The third kappa shape index (κ3) is 1.94. The van der Waals surface area contributed by atoms with E-state index in [1.165, 1.54) is 12.1 Å². The summed E-state index contributed by atoms with van der Waals surface area (Å²) < 4.78 is 0.865. The fraction of sp³-hybridized carbons (Fsp3) is 0. The monoisotopic (exact) mass is 339 g/mol. The second-order valence-corrected chi connectivity index (χ2v) is 5.37. The van der Waals surface area contributed by atoms with Crippen LogP contribution in [0.5, 0.6) is 5.75 Å². The molecule has 2 aromatic rings. The molecule has 0 bridgehead atoms. The van der Waals surface area contributed by atoms with E-state index >= 15 is 0 Å². The van der Waals surface area contributed by atoms with Gasteiger partial charge in [0.25, 0.3) is 17.4 Å². The van der Waals surface area contributed by atoms with Crippen LogP contribution in [0.2, 0.25) is 10.0 Å². The number of carbonyl (C=O) groups excluding carboxylic acids is 2. The molecule has 1 aliphatic heterocycles. The third-order valence-corrected chi connectivity index (χ3v) is 3.71. The Morgan fingerprint density at radius 2 is 1.77 bits per heavy atom. The summed E-state index contributed by atoms with van der Waals surface area (Å²) in [6.45, 7) is 0. The maximum absolute atomic E-state index is 12.2. The number of phenolic OH excluding ortho intramolecular Hbond substituents is 1. The van der Waals surface area contributed by atoms with Crippen LogP contribution in [0.25, 0.3) is 5.69 Å². The van der Waals surface area contributed by atoms with Crippen LogP contribution in [0.15, 0.2) is 23.0 Å². The van der Waals surface area contributed by atoms with E-state index < -0.39 is 23.1 Å². The molecular formula is C13H7Cl2N3O4. The summed E-state index contributed by atoms with van der Waals surface area (Å²) in [6, 6.07) is 3.51. The highest BCUT2D eigenvalue weighted by molar-refractivity contribution is 6.36. The number of amides is 2. The number of nitrogens with zero attached hydrogens (tertiary/aromatic N) is 1. The normalized spacial score (nSPS) is 13.2. The molecule has 2 heterocycles. The molecule has 3 rings (SSSR count). The number of imide groups is 1. The van der Waals surface area contributed by atoms with E-state index in [0.29, 0.717) is 0 Å². The van der Waals surface area contributed by atoms with Crippen molar-refractivity contribution in [1.29, 1.82) is 0 Å². The second-order valence-electron chi connectivity index (χ2n) is 4.53. The van der Waals surface area contributed by atoms with Crippen molar-refractivity contribution in [1.82, 2.24) is 9.88 Å². The van der Waals surface area contributed by atoms with E-state index in [2.05, 4.69) is 0 Å². The summed E-state index contributed by atoms with van der Waals surface area (Å²) in [5.74, 6) is -2.15. The number of nitrogen functional groups attached to an aromatic ring is 1. The number of fused-ring (bicyclic) bond motifs is 1. The van der Waals surface area contributed by atoms with Gasteiger partial charge < -0.3 is 10.8 Å². The largest absolute Gasteiger partial charge is 0.504 e. The Morgan fingerprint density at radius 1 is 1.09 bits per heavy atom. The van der Waals surface area contributed by atoms with Gasteiger partial charge in [0.1, 0.15) is 5.82 Å². The number of carbonyl (C=O) groups is 2. The standard InChI is InChI=1S/C13H7Cl2N3O4/c14-4-1-6(15)10(20)7(2-4)18-8(19)3-5-9(11(18)16)13(22)17-12(5)21/h1-3,20H,16H2,(H,17,21,22). The molecule has 0 saturated heterocycles. The van der Waals surface area contributed by atoms with Gasteiger partial charge in [-0.25, -0.2) is 0 Å². The Labute approximate surface area is 132 Å². The zero-order valence-electron chi connectivity index (χ0n) is 10.7. The Balaban J connectivity index is 2.40. The lowest BCUT2D eigenvalue weighted by atomic mass is 10.1. The van der Waals surface area contributed by atoms with Crippen molar-refractivity contribution in [3.05, 3.63) is 49.7 Å². The number of benzene rings is 1. The van der Waals surface area contributed by atoms with Crippen LogP contribution in [0.4, 0.5) is 5.82 Å². The minimum atomic E-state index is -0.723. The van der Waals surface area contributed by atoms with Crippen LogP contribution in [0, 0.1) is 0 Å². The number of rotatable bonds is 1. The molecule has 0 atom stereocenters. The van der Waals surface area contributed by atoms with Gasteiger partial charge in [-0.05, 0) is 12.1 Å². The lowest BCUT2D eigenvalue weighted by molar-refractivity contribution is 0.0880. The van der Waals surface area contributed by atoms with Crippen molar-refractivity contribution in [2.75, 3.05) is 5.73 Å². The van der Waals surface area contributed by atoms with Gasteiger partial charge in [0.2, 0.25) is 0 Å². The summed E-state index contributed by atoms with van der Waals surface area (Å²) >= 11 is 11.7. The van der Waals surface area contributed by atoms with Gasteiger partial charge in [0, 0.05) is 11.1 Å². The fourth-order valence-corrected chi connectivity index (χ4v) is 2.73. The molecule has 1 aliphatic rings. The Hall–Kier alpha value is -2.51. The molecule has 0 unspecified atom stereocenters. The Morgan fingerprint density at radius 3 is 2.45 bits per heavy atom. The summed E-state index contributed by atoms with van der Waals surface area (Å²) in [6.07, 6.45) is 0. The van der Waals surface area contributed by atoms with Crippen molar-refractivity contribution < 1.29 is 14.7 Å². The molecule has 112 valence electrons. The first-order valence-electron chi connectivity index (χ1n) is 5.91. The number of pyridine rings is 1. The molecule has 2 amide bonds. The number of aromatic nitrogens is 1. The van der Waals surface area contributed by atoms with Gasteiger partial charge in [0.05, 0.1) is 21.8 Å². The Kier molecular flexibility index (Phi) is 3.12. The molecule has 9 heteroatoms. The van der Waals surface area contributed by atoms with Crippen molar-refractivity contribution in [3.8, 4) is 11.4 Å². The van der Waals surface area contributed by atoms with Crippen LogP contribution in [0.1, 0.15) is 20.7 Å². The third-order valence-electron chi connectivity index (χ3n) is 3.20. The highest BCUT2D eigenvalue weighted by Crippen LogP contribution is 2.35. The van der Waals surface area contributed by atoms with E-state index in [1.54, 1.807) is 0 Å². The molecule has 0 spiro atoms. The minimum absolute atomic E-state index is 0.0880. The zero-order valence-corrected chi connectivity index (χ0v) is 12.2. The van der Waals surface area contributed by atoms with Gasteiger partial charge in [0.15, 0.2) is 5.75 Å². The number of halogens is 2. The van der Waals surface area contributed by atoms with Gasteiger partial charge >= 0.3 is 0 Å². The average Bonchev–Trinajstić information content (AvgIpc) is 2.70. The molecule has 1 aromatic heterocycles. The number of anilines is 1. The van der Waals surface area contributed by atoms with E-state index in [1.807, 2.05) is 5.32 Å². The molecular weight excluding hydrogens is 333 g/mol. The minimum Gasteiger partial charge on any atom is -0.504 e. The van der Waals surface area contributed by atoms with Crippen molar-refractivity contribution in [2.24, 2.45) is 0 Å². The fourth-order valence-electron chi connectivity index (χ4n) is 2.25. The van der Waals surface area contributed by atoms with Crippen molar-refractivity contribution in [3.63, 3.8) is 0 Å². The summed E-state index contributed by atoms with van der Waals surface area (Å²) in [5.41, 5.74) is 4.79.